The van der Waals surface area contributed by atoms with Crippen molar-refractivity contribution in [1.82, 2.24) is 4.90 Å². The number of alkyl halides is 6. The van der Waals surface area contributed by atoms with Gasteiger partial charge in [0.15, 0.2) is 0 Å². The summed E-state index contributed by atoms with van der Waals surface area (Å²) in [6.45, 7) is 2.38. The number of nitrogens with zero attached hydrogens (tertiary/aromatic N) is 1. The number of rotatable bonds is 3. The van der Waals surface area contributed by atoms with Gasteiger partial charge in [0.05, 0.1) is 6.04 Å². The Hall–Kier alpha value is -0.500. The van der Waals surface area contributed by atoms with E-state index in [0.717, 1.165) is 19.0 Å². The van der Waals surface area contributed by atoms with Crippen LogP contribution in [0.5, 0.6) is 0 Å². The molecule has 0 rings (SSSR count). The van der Waals surface area contributed by atoms with Crippen LogP contribution in [0.15, 0.2) is 0 Å². The van der Waals surface area contributed by atoms with Crippen LogP contribution in [-0.2, 0) is 0 Å². The van der Waals surface area contributed by atoms with Crippen molar-refractivity contribution in [2.45, 2.75) is 37.8 Å². The van der Waals surface area contributed by atoms with Crippen molar-refractivity contribution in [1.29, 1.82) is 0 Å². The van der Waals surface area contributed by atoms with Gasteiger partial charge >= 0.3 is 12.4 Å². The quantitative estimate of drug-likeness (QED) is 0.794. The number of hydrogen-bond acceptors (Lipinski definition) is 2. The maximum Gasteiger partial charge on any atom is 0.427 e. The molecule has 0 saturated carbocycles. The topological polar surface area (TPSA) is 23.5 Å². The lowest BCUT2D eigenvalue weighted by Crippen LogP contribution is -2.69. The van der Waals surface area contributed by atoms with Gasteiger partial charge in [0.2, 0.25) is 0 Å². The largest absolute Gasteiger partial charge is 0.427 e. The van der Waals surface area contributed by atoms with Crippen LogP contribution >= 0.6 is 0 Å². The van der Waals surface area contributed by atoms with Crippen LogP contribution in [0.25, 0.3) is 0 Å². The highest BCUT2D eigenvalue weighted by atomic mass is 19.4. The van der Waals surface area contributed by atoms with Gasteiger partial charge in [-0.05, 0) is 20.0 Å². The molecule has 0 fully saturated rings. The number of halogens is 6. The fraction of sp³-hybridized carbons (Fsp3) is 1.00. The standard InChI is InChI=1S/C9H15F6NO/c1-5(2)6(16(3)4)7(17,8(10,11)12)9(13,14)15/h5-6,17H,1-4H3/t6-/m0/s1. The lowest BCUT2D eigenvalue weighted by atomic mass is 9.84. The van der Waals surface area contributed by atoms with Crippen molar-refractivity contribution >= 4 is 0 Å². The van der Waals surface area contributed by atoms with Gasteiger partial charge in [-0.25, -0.2) is 0 Å². The summed E-state index contributed by atoms with van der Waals surface area (Å²) in [4.78, 5) is 0.728. The first-order chi connectivity index (χ1) is 7.26. The third-order valence-corrected chi connectivity index (χ3v) is 2.48. The van der Waals surface area contributed by atoms with E-state index in [9.17, 15) is 31.4 Å². The monoisotopic (exact) mass is 267 g/mol. The van der Waals surface area contributed by atoms with E-state index in [1.54, 1.807) is 0 Å². The summed E-state index contributed by atoms with van der Waals surface area (Å²) in [6.07, 6.45) is -11.6. The third-order valence-electron chi connectivity index (χ3n) is 2.48. The summed E-state index contributed by atoms with van der Waals surface area (Å²) in [5, 5.41) is 9.19. The molecule has 8 heteroatoms. The molecule has 0 aliphatic heterocycles. The second kappa shape index (κ2) is 4.64. The van der Waals surface area contributed by atoms with E-state index in [1.807, 2.05) is 0 Å². The molecule has 0 aliphatic rings. The smallest absolute Gasteiger partial charge is 0.372 e. The SMILES string of the molecule is CC(C)[C@H](N(C)C)C(O)(C(F)(F)F)C(F)(F)F. The predicted octanol–water partition coefficient (Wildman–Crippen LogP) is 2.43. The highest BCUT2D eigenvalue weighted by molar-refractivity contribution is 5.04. The highest BCUT2D eigenvalue weighted by Crippen LogP contribution is 2.47. The minimum absolute atomic E-state index is 0.728. The minimum atomic E-state index is -5.79. The summed E-state index contributed by atoms with van der Waals surface area (Å²) in [5.41, 5.74) is -4.74. The zero-order chi connectivity index (χ0) is 14.2. The van der Waals surface area contributed by atoms with Gasteiger partial charge in [0.25, 0.3) is 5.60 Å². The van der Waals surface area contributed by atoms with Crippen molar-refractivity contribution in [2.75, 3.05) is 14.1 Å². The van der Waals surface area contributed by atoms with Crippen molar-refractivity contribution in [3.05, 3.63) is 0 Å². The van der Waals surface area contributed by atoms with Crippen LogP contribution in [0.2, 0.25) is 0 Å². The molecule has 0 bridgehead atoms. The number of hydrogen-bond donors (Lipinski definition) is 1. The normalized spacial score (nSPS) is 16.8. The zero-order valence-electron chi connectivity index (χ0n) is 9.82. The molecular weight excluding hydrogens is 252 g/mol. The van der Waals surface area contributed by atoms with Crippen LogP contribution in [0.3, 0.4) is 0 Å². The molecule has 2 nitrogen and oxygen atoms in total. The zero-order valence-corrected chi connectivity index (χ0v) is 9.82. The molecule has 0 aliphatic carbocycles. The van der Waals surface area contributed by atoms with E-state index in [2.05, 4.69) is 0 Å². The Morgan fingerprint density at radius 2 is 1.18 bits per heavy atom. The number of aliphatic hydroxyl groups is 1. The van der Waals surface area contributed by atoms with Crippen LogP contribution in [0.1, 0.15) is 13.8 Å². The lowest BCUT2D eigenvalue weighted by Gasteiger charge is -2.43. The van der Waals surface area contributed by atoms with E-state index >= 15 is 0 Å². The molecule has 0 radical (unpaired) electrons. The predicted molar refractivity (Wildman–Crippen MR) is 49.4 cm³/mol. The van der Waals surface area contributed by atoms with E-state index in [4.69, 9.17) is 0 Å². The van der Waals surface area contributed by atoms with Crippen LogP contribution in [0.4, 0.5) is 26.3 Å². The Morgan fingerprint density at radius 1 is 0.882 bits per heavy atom. The molecule has 1 N–H and O–H groups in total. The Bertz CT molecular complexity index is 235. The first kappa shape index (κ1) is 16.5. The molecular formula is C9H15F6NO. The average molecular weight is 267 g/mol. The molecule has 0 heterocycles. The highest BCUT2D eigenvalue weighted by Gasteiger charge is 2.74. The van der Waals surface area contributed by atoms with E-state index in [0.29, 0.717) is 0 Å². The van der Waals surface area contributed by atoms with Gasteiger partial charge in [-0.15, -0.1) is 0 Å². The maximum atomic E-state index is 12.6. The van der Waals surface area contributed by atoms with E-state index < -0.39 is 29.9 Å². The molecule has 1 atom stereocenters. The van der Waals surface area contributed by atoms with Crippen LogP contribution < -0.4 is 0 Å². The summed E-state index contributed by atoms with van der Waals surface area (Å²) >= 11 is 0. The summed E-state index contributed by atoms with van der Waals surface area (Å²) < 4.78 is 75.4. The fourth-order valence-electron chi connectivity index (χ4n) is 1.95. The molecule has 0 saturated heterocycles. The van der Waals surface area contributed by atoms with Crippen molar-refractivity contribution in [3.8, 4) is 0 Å². The lowest BCUT2D eigenvalue weighted by molar-refractivity contribution is -0.386. The van der Waals surface area contributed by atoms with Crippen molar-refractivity contribution < 1.29 is 31.4 Å². The first-order valence-electron chi connectivity index (χ1n) is 4.79. The second-order valence-corrected chi connectivity index (χ2v) is 4.41. The number of likely N-dealkylation sites (N-methyl/N-ethyl adjacent to an activating group) is 1. The fourth-order valence-corrected chi connectivity index (χ4v) is 1.95. The molecule has 0 amide bonds. The van der Waals surface area contributed by atoms with E-state index in [1.165, 1.54) is 13.8 Å². The Kier molecular flexibility index (Phi) is 4.50. The van der Waals surface area contributed by atoms with Crippen molar-refractivity contribution in [3.63, 3.8) is 0 Å². The van der Waals surface area contributed by atoms with Crippen LogP contribution in [0, 0.1) is 5.92 Å². The molecule has 0 unspecified atom stereocenters. The first-order valence-corrected chi connectivity index (χ1v) is 4.79. The molecule has 0 spiro atoms. The Balaban J connectivity index is 5.78. The van der Waals surface area contributed by atoms with Gasteiger partial charge < -0.3 is 10.0 Å². The van der Waals surface area contributed by atoms with Gasteiger partial charge in [-0.2, -0.15) is 26.3 Å². The van der Waals surface area contributed by atoms with Crippen LogP contribution in [-0.4, -0.2) is 48.1 Å². The second-order valence-electron chi connectivity index (χ2n) is 4.41. The molecule has 104 valence electrons. The molecule has 0 aromatic carbocycles. The molecule has 0 aromatic heterocycles. The minimum Gasteiger partial charge on any atom is -0.372 e. The third kappa shape index (κ3) is 2.85. The van der Waals surface area contributed by atoms with Gasteiger partial charge in [0.1, 0.15) is 0 Å². The summed E-state index contributed by atoms with van der Waals surface area (Å²) in [6, 6.07) is -2.11. The average Bonchev–Trinajstić information content (AvgIpc) is 1.97. The molecule has 0 aromatic rings. The van der Waals surface area contributed by atoms with Crippen molar-refractivity contribution in [2.24, 2.45) is 5.92 Å². The van der Waals surface area contributed by atoms with Gasteiger partial charge in [-0.3, -0.25) is 0 Å². The Morgan fingerprint density at radius 3 is 1.24 bits per heavy atom. The maximum absolute atomic E-state index is 12.6. The molecule has 17 heavy (non-hydrogen) atoms. The van der Waals surface area contributed by atoms with E-state index in [-0.39, 0.29) is 0 Å². The summed E-state index contributed by atoms with van der Waals surface area (Å²) in [7, 11) is 2.13. The van der Waals surface area contributed by atoms with Gasteiger partial charge in [-0.1, -0.05) is 13.8 Å². The van der Waals surface area contributed by atoms with Gasteiger partial charge in [0, 0.05) is 0 Å². The Labute approximate surface area is 95.2 Å². The summed E-state index contributed by atoms with van der Waals surface area (Å²) in [5.74, 6) is -1.03.